The molecule has 0 aromatic carbocycles. The number of hydrogen-bond acceptors (Lipinski definition) is 6. The summed E-state index contributed by atoms with van der Waals surface area (Å²) in [5.74, 6) is -0.353. The maximum absolute atomic E-state index is 11.5. The van der Waals surface area contributed by atoms with Crippen LogP contribution in [0.1, 0.15) is 12.8 Å². The lowest BCUT2D eigenvalue weighted by molar-refractivity contribution is -0.123. The molecule has 0 unspecified atom stereocenters. The molecule has 138 valence electrons. The third kappa shape index (κ3) is 16.2. The van der Waals surface area contributed by atoms with E-state index in [1.807, 2.05) is 0 Å². The van der Waals surface area contributed by atoms with E-state index in [4.69, 9.17) is 9.47 Å². The molecular weight excluding hydrogens is 320 g/mol. The average Bonchev–Trinajstić information content (AvgIpc) is 2.57. The van der Waals surface area contributed by atoms with Crippen molar-refractivity contribution < 1.29 is 28.7 Å². The molecule has 0 aromatic rings. The van der Waals surface area contributed by atoms with Crippen molar-refractivity contribution in [2.75, 3.05) is 52.6 Å². The molecule has 0 saturated carbocycles. The van der Waals surface area contributed by atoms with Crippen LogP contribution in [-0.2, 0) is 28.7 Å². The van der Waals surface area contributed by atoms with E-state index in [1.54, 1.807) is 0 Å². The molecule has 0 aliphatic rings. The Kier molecular flexibility index (Phi) is 15.6. The Morgan fingerprint density at radius 3 is 1.83 bits per heavy atom. The van der Waals surface area contributed by atoms with Gasteiger partial charge in [-0.2, -0.15) is 0 Å². The fraction of sp³-hybridized carbons (Fsp3) is 0.714. The predicted octanol–water partition coefficient (Wildman–Crippen LogP) is -2.48. The fourth-order valence-corrected chi connectivity index (χ4v) is 1.50. The second kappa shape index (κ2) is 17.2. The lowest BCUT2D eigenvalue weighted by Gasteiger charge is -2.08. The van der Waals surface area contributed by atoms with E-state index in [-0.39, 0.29) is 37.8 Å². The third-order valence-corrected chi connectivity index (χ3v) is 2.67. The zero-order chi connectivity index (χ0) is 17.9. The molecule has 10 nitrogen and oxygen atoms in total. The monoisotopic (exact) mass is 346 g/mol. The Morgan fingerprint density at radius 1 is 0.667 bits per heavy atom. The van der Waals surface area contributed by atoms with Gasteiger partial charge >= 0.3 is 0 Å². The second-order valence-corrected chi connectivity index (χ2v) is 4.57. The highest BCUT2D eigenvalue weighted by Gasteiger charge is 2.02. The minimum atomic E-state index is -0.190. The summed E-state index contributed by atoms with van der Waals surface area (Å²) in [5, 5.41) is 10.1. The second-order valence-electron chi connectivity index (χ2n) is 4.57. The first-order valence-corrected chi connectivity index (χ1v) is 7.73. The molecule has 0 radical (unpaired) electrons. The van der Waals surface area contributed by atoms with Crippen LogP contribution < -0.4 is 21.3 Å². The summed E-state index contributed by atoms with van der Waals surface area (Å²) in [6.07, 6.45) is 1.57. The van der Waals surface area contributed by atoms with Gasteiger partial charge in [-0.1, -0.05) is 0 Å². The minimum Gasteiger partial charge on any atom is -0.379 e. The summed E-state index contributed by atoms with van der Waals surface area (Å²) in [6.45, 7) is 2.87. The van der Waals surface area contributed by atoms with Gasteiger partial charge in [0.2, 0.25) is 24.6 Å². The lowest BCUT2D eigenvalue weighted by Crippen LogP contribution is -2.35. The number of amides is 4. The molecule has 0 bridgehead atoms. The van der Waals surface area contributed by atoms with Crippen LogP contribution in [0.15, 0.2) is 0 Å². The molecule has 0 spiro atoms. The summed E-state index contributed by atoms with van der Waals surface area (Å²) >= 11 is 0. The van der Waals surface area contributed by atoms with Crippen LogP contribution in [0.25, 0.3) is 0 Å². The maximum atomic E-state index is 11.5. The van der Waals surface area contributed by atoms with Crippen molar-refractivity contribution in [3.8, 4) is 0 Å². The molecule has 0 rings (SSSR count). The van der Waals surface area contributed by atoms with Gasteiger partial charge in [0, 0.05) is 39.0 Å². The van der Waals surface area contributed by atoms with Gasteiger partial charge in [-0.15, -0.1) is 0 Å². The van der Waals surface area contributed by atoms with E-state index < -0.39 is 0 Å². The van der Waals surface area contributed by atoms with E-state index in [2.05, 4.69) is 21.3 Å². The Morgan fingerprint density at radius 2 is 1.21 bits per heavy atom. The highest BCUT2D eigenvalue weighted by molar-refractivity contribution is 5.77. The summed E-state index contributed by atoms with van der Waals surface area (Å²) in [4.78, 5) is 42.7. The lowest BCUT2D eigenvalue weighted by atomic mass is 10.4. The zero-order valence-electron chi connectivity index (χ0n) is 13.7. The van der Waals surface area contributed by atoms with Crippen molar-refractivity contribution in [1.82, 2.24) is 21.3 Å². The van der Waals surface area contributed by atoms with Gasteiger partial charge in [0.1, 0.15) is 0 Å². The van der Waals surface area contributed by atoms with Crippen molar-refractivity contribution in [2.45, 2.75) is 12.8 Å². The topological polar surface area (TPSA) is 135 Å². The van der Waals surface area contributed by atoms with Crippen molar-refractivity contribution in [1.29, 1.82) is 0 Å². The van der Waals surface area contributed by atoms with E-state index in [9.17, 15) is 19.2 Å². The number of carbonyl (C=O) groups is 4. The number of hydrogen-bond donors (Lipinski definition) is 4. The van der Waals surface area contributed by atoms with Crippen LogP contribution in [0.5, 0.6) is 0 Å². The van der Waals surface area contributed by atoms with Gasteiger partial charge in [-0.05, 0) is 0 Å². The van der Waals surface area contributed by atoms with Gasteiger partial charge in [-0.3, -0.25) is 19.2 Å². The molecule has 4 N–H and O–H groups in total. The number of ether oxygens (including phenoxy) is 2. The van der Waals surface area contributed by atoms with Crippen LogP contribution >= 0.6 is 0 Å². The molecule has 24 heavy (non-hydrogen) atoms. The Balaban J connectivity index is 3.30. The first-order valence-electron chi connectivity index (χ1n) is 7.73. The van der Waals surface area contributed by atoms with Crippen molar-refractivity contribution >= 4 is 24.6 Å². The number of rotatable bonds is 17. The molecule has 0 saturated heterocycles. The molecule has 0 fully saturated rings. The first kappa shape index (κ1) is 21.8. The molecule has 0 aliphatic carbocycles. The van der Waals surface area contributed by atoms with Gasteiger partial charge in [0.15, 0.2) is 0 Å². The SMILES string of the molecule is O=CNCCOCCOCCC(=O)NCCNC(=O)CCNC=O. The van der Waals surface area contributed by atoms with Crippen LogP contribution in [-0.4, -0.2) is 77.2 Å². The zero-order valence-corrected chi connectivity index (χ0v) is 13.7. The highest BCUT2D eigenvalue weighted by Crippen LogP contribution is 1.84. The maximum Gasteiger partial charge on any atom is 0.222 e. The third-order valence-electron chi connectivity index (χ3n) is 2.67. The molecular formula is C14H26N4O6. The van der Waals surface area contributed by atoms with Crippen molar-refractivity contribution in [2.24, 2.45) is 0 Å². The smallest absolute Gasteiger partial charge is 0.222 e. The Labute approximate surface area is 141 Å². The summed E-state index contributed by atoms with van der Waals surface area (Å²) in [7, 11) is 0. The van der Waals surface area contributed by atoms with Crippen LogP contribution in [0, 0.1) is 0 Å². The standard InChI is InChI=1S/C14H26N4O6/c19-11-15-3-1-13(21)17-4-5-18-14(22)2-7-23-9-10-24-8-6-16-12-20/h11-12H,1-10H2,(H,15,19)(H,16,20)(H,17,21)(H,18,22). The molecule has 10 heteroatoms. The fourth-order valence-electron chi connectivity index (χ4n) is 1.50. The van der Waals surface area contributed by atoms with Gasteiger partial charge in [0.25, 0.3) is 0 Å². The molecule has 0 aromatic heterocycles. The summed E-state index contributed by atoms with van der Waals surface area (Å²) in [5.41, 5.74) is 0. The highest BCUT2D eigenvalue weighted by atomic mass is 16.5. The normalized spacial score (nSPS) is 9.83. The summed E-state index contributed by atoms with van der Waals surface area (Å²) in [6, 6.07) is 0. The predicted molar refractivity (Wildman–Crippen MR) is 85.0 cm³/mol. The summed E-state index contributed by atoms with van der Waals surface area (Å²) < 4.78 is 10.4. The Bertz CT molecular complexity index is 367. The van der Waals surface area contributed by atoms with Crippen LogP contribution in [0.4, 0.5) is 0 Å². The van der Waals surface area contributed by atoms with Gasteiger partial charge in [0.05, 0.1) is 26.4 Å². The van der Waals surface area contributed by atoms with Gasteiger partial charge in [-0.25, -0.2) is 0 Å². The number of carbonyl (C=O) groups excluding carboxylic acids is 4. The van der Waals surface area contributed by atoms with Crippen molar-refractivity contribution in [3.05, 3.63) is 0 Å². The minimum absolute atomic E-state index is 0.164. The largest absolute Gasteiger partial charge is 0.379 e. The van der Waals surface area contributed by atoms with Crippen LogP contribution in [0.3, 0.4) is 0 Å². The van der Waals surface area contributed by atoms with Gasteiger partial charge < -0.3 is 30.7 Å². The average molecular weight is 346 g/mol. The van der Waals surface area contributed by atoms with Crippen LogP contribution in [0.2, 0.25) is 0 Å². The van der Waals surface area contributed by atoms with E-state index in [0.717, 1.165) is 0 Å². The molecule has 0 heterocycles. The molecule has 0 atom stereocenters. The van der Waals surface area contributed by atoms with E-state index >= 15 is 0 Å². The Hall–Kier alpha value is -2.20. The molecule has 0 aliphatic heterocycles. The number of nitrogens with one attached hydrogen (secondary N) is 4. The first-order chi connectivity index (χ1) is 11.7. The quantitative estimate of drug-likeness (QED) is 0.170. The molecule has 4 amide bonds. The van der Waals surface area contributed by atoms with E-state index in [0.29, 0.717) is 52.3 Å². The van der Waals surface area contributed by atoms with Crippen molar-refractivity contribution in [3.63, 3.8) is 0 Å². The van der Waals surface area contributed by atoms with E-state index in [1.165, 1.54) is 0 Å².